The Balaban J connectivity index is 0.00000149. The summed E-state index contributed by atoms with van der Waals surface area (Å²) in [7, 11) is 0. The Morgan fingerprint density at radius 1 is 1.03 bits per heavy atom. The quantitative estimate of drug-likeness (QED) is 0.439. The van der Waals surface area contributed by atoms with Crippen LogP contribution in [0.1, 0.15) is 34.6 Å². The van der Waals surface area contributed by atoms with Gasteiger partial charge in [0.25, 0.3) is 0 Å². The molecule has 1 fully saturated rings. The van der Waals surface area contributed by atoms with Crippen molar-refractivity contribution < 1.29 is 9.53 Å². The molecule has 3 aromatic rings. The second-order valence-electron chi connectivity index (χ2n) is 8.18. The fourth-order valence-corrected chi connectivity index (χ4v) is 3.75. The molecule has 0 N–H and O–H groups in total. The van der Waals surface area contributed by atoms with Crippen LogP contribution in [0.2, 0.25) is 10.2 Å². The number of hydrogen-bond donors (Lipinski definition) is 0. The second kappa shape index (κ2) is 10.5. The summed E-state index contributed by atoms with van der Waals surface area (Å²) < 4.78 is 5.49. The van der Waals surface area contributed by atoms with E-state index >= 15 is 0 Å². The molecule has 0 aliphatic carbocycles. The SMILES string of the molecule is CC.CC(C)(C)OC(=O)N1CCN(c2nc(-c3ccncc3)nc3c(Cl)ncc(Cl)c23)CC1. The lowest BCUT2D eigenvalue weighted by Gasteiger charge is -2.36. The average molecular weight is 491 g/mol. The summed E-state index contributed by atoms with van der Waals surface area (Å²) >= 11 is 12.8. The van der Waals surface area contributed by atoms with Crippen LogP contribution >= 0.6 is 23.2 Å². The third kappa shape index (κ3) is 5.81. The van der Waals surface area contributed by atoms with E-state index in [0.29, 0.717) is 53.7 Å². The zero-order chi connectivity index (χ0) is 24.2. The molecule has 4 heterocycles. The Morgan fingerprint density at radius 3 is 2.27 bits per heavy atom. The molecule has 0 aromatic carbocycles. The number of fused-ring (bicyclic) bond motifs is 1. The van der Waals surface area contributed by atoms with Crippen LogP contribution in [0.3, 0.4) is 0 Å². The van der Waals surface area contributed by atoms with Gasteiger partial charge >= 0.3 is 6.09 Å². The Bertz CT molecular complexity index is 1110. The van der Waals surface area contributed by atoms with Gasteiger partial charge in [-0.2, -0.15) is 0 Å². The number of pyridine rings is 2. The number of hydrogen-bond acceptors (Lipinski definition) is 7. The molecule has 10 heteroatoms. The number of halogens is 2. The summed E-state index contributed by atoms with van der Waals surface area (Å²) in [5.74, 6) is 1.17. The topological polar surface area (TPSA) is 84.3 Å². The Kier molecular flexibility index (Phi) is 7.92. The molecule has 3 aromatic heterocycles. The van der Waals surface area contributed by atoms with Crippen molar-refractivity contribution in [3.63, 3.8) is 0 Å². The number of carbonyl (C=O) groups is 1. The molecule has 1 aliphatic heterocycles. The van der Waals surface area contributed by atoms with E-state index in [-0.39, 0.29) is 11.2 Å². The lowest BCUT2D eigenvalue weighted by molar-refractivity contribution is 0.0240. The fourth-order valence-electron chi connectivity index (χ4n) is 3.34. The highest BCUT2D eigenvalue weighted by Gasteiger charge is 2.28. The van der Waals surface area contributed by atoms with Crippen molar-refractivity contribution in [3.05, 3.63) is 40.9 Å². The predicted molar refractivity (Wildman–Crippen MR) is 132 cm³/mol. The van der Waals surface area contributed by atoms with Gasteiger partial charge in [-0.25, -0.2) is 19.7 Å². The van der Waals surface area contributed by atoms with Gasteiger partial charge in [0.15, 0.2) is 11.0 Å². The van der Waals surface area contributed by atoms with Crippen molar-refractivity contribution in [1.82, 2.24) is 24.8 Å². The molecule has 1 saturated heterocycles. The third-order valence-electron chi connectivity index (χ3n) is 4.78. The molecule has 1 aliphatic rings. The van der Waals surface area contributed by atoms with Gasteiger partial charge in [-0.05, 0) is 32.9 Å². The van der Waals surface area contributed by atoms with Gasteiger partial charge in [-0.1, -0.05) is 37.0 Å². The summed E-state index contributed by atoms with van der Waals surface area (Å²) in [6.45, 7) is 11.7. The third-order valence-corrected chi connectivity index (χ3v) is 5.35. The van der Waals surface area contributed by atoms with Crippen molar-refractivity contribution in [1.29, 1.82) is 0 Å². The second-order valence-corrected chi connectivity index (χ2v) is 8.95. The van der Waals surface area contributed by atoms with Crippen LogP contribution in [0.4, 0.5) is 10.6 Å². The number of ether oxygens (including phenoxy) is 1. The molecule has 176 valence electrons. The number of anilines is 1. The molecular weight excluding hydrogens is 463 g/mol. The van der Waals surface area contributed by atoms with Crippen LogP contribution < -0.4 is 4.90 Å². The number of rotatable bonds is 2. The van der Waals surface area contributed by atoms with Crippen molar-refractivity contribution in [2.75, 3.05) is 31.1 Å². The summed E-state index contributed by atoms with van der Waals surface area (Å²) in [5.41, 5.74) is 0.760. The molecule has 1 amide bonds. The maximum atomic E-state index is 12.4. The van der Waals surface area contributed by atoms with E-state index in [9.17, 15) is 4.79 Å². The summed E-state index contributed by atoms with van der Waals surface area (Å²) in [6, 6.07) is 3.66. The van der Waals surface area contributed by atoms with Gasteiger partial charge in [0.05, 0.1) is 10.4 Å². The zero-order valence-corrected chi connectivity index (χ0v) is 21.0. The molecule has 0 saturated carbocycles. The zero-order valence-electron chi connectivity index (χ0n) is 19.5. The highest BCUT2D eigenvalue weighted by molar-refractivity contribution is 6.39. The van der Waals surface area contributed by atoms with Crippen LogP contribution in [0.15, 0.2) is 30.7 Å². The molecule has 0 unspecified atom stereocenters. The van der Waals surface area contributed by atoms with Crippen molar-refractivity contribution in [2.24, 2.45) is 0 Å². The maximum Gasteiger partial charge on any atom is 0.410 e. The summed E-state index contributed by atoms with van der Waals surface area (Å²) in [6.07, 6.45) is 4.55. The monoisotopic (exact) mass is 490 g/mol. The van der Waals surface area contributed by atoms with Gasteiger partial charge in [0, 0.05) is 50.3 Å². The highest BCUT2D eigenvalue weighted by Crippen LogP contribution is 2.35. The van der Waals surface area contributed by atoms with E-state index in [1.54, 1.807) is 17.3 Å². The van der Waals surface area contributed by atoms with Crippen molar-refractivity contribution in [3.8, 4) is 11.4 Å². The van der Waals surface area contributed by atoms with Crippen LogP contribution in [-0.4, -0.2) is 62.7 Å². The van der Waals surface area contributed by atoms with Crippen LogP contribution in [0.5, 0.6) is 0 Å². The first-order chi connectivity index (χ1) is 15.7. The van der Waals surface area contributed by atoms with Gasteiger partial charge < -0.3 is 14.5 Å². The first-order valence-corrected chi connectivity index (χ1v) is 11.6. The van der Waals surface area contributed by atoms with Crippen molar-refractivity contribution in [2.45, 2.75) is 40.2 Å². The lowest BCUT2D eigenvalue weighted by atomic mass is 10.2. The van der Waals surface area contributed by atoms with Crippen LogP contribution in [0, 0.1) is 0 Å². The van der Waals surface area contributed by atoms with E-state index in [0.717, 1.165) is 5.56 Å². The summed E-state index contributed by atoms with van der Waals surface area (Å²) in [5, 5.41) is 1.32. The van der Waals surface area contributed by atoms with Crippen LogP contribution in [-0.2, 0) is 4.74 Å². The largest absolute Gasteiger partial charge is 0.444 e. The number of piperazine rings is 1. The lowest BCUT2D eigenvalue weighted by Crippen LogP contribution is -2.50. The number of nitrogens with zero attached hydrogens (tertiary/aromatic N) is 6. The minimum Gasteiger partial charge on any atom is -0.444 e. The molecule has 8 nitrogen and oxygen atoms in total. The Labute approximate surface area is 203 Å². The first kappa shape index (κ1) is 24.9. The number of amides is 1. The molecular formula is C23H28Cl2N6O2. The minimum atomic E-state index is -0.534. The van der Waals surface area contributed by atoms with Crippen molar-refractivity contribution >= 4 is 46.0 Å². The smallest absolute Gasteiger partial charge is 0.410 e. The van der Waals surface area contributed by atoms with E-state index in [4.69, 9.17) is 32.9 Å². The van der Waals surface area contributed by atoms with E-state index in [2.05, 4.69) is 19.9 Å². The number of aromatic nitrogens is 4. The van der Waals surface area contributed by atoms with E-state index in [1.165, 1.54) is 6.20 Å². The molecule has 4 rings (SSSR count). The molecule has 0 bridgehead atoms. The van der Waals surface area contributed by atoms with E-state index in [1.807, 2.05) is 46.8 Å². The first-order valence-electron chi connectivity index (χ1n) is 10.9. The van der Waals surface area contributed by atoms with Gasteiger partial charge in [-0.3, -0.25) is 4.98 Å². The maximum absolute atomic E-state index is 12.4. The van der Waals surface area contributed by atoms with Gasteiger partial charge in [0.2, 0.25) is 0 Å². The van der Waals surface area contributed by atoms with Crippen LogP contribution in [0.25, 0.3) is 22.3 Å². The average Bonchev–Trinajstić information content (AvgIpc) is 2.82. The normalized spacial score (nSPS) is 14.0. The standard InChI is InChI=1S/C21H22Cl2N6O2.C2H6/c1-21(2,3)31-20(30)29-10-8-28(9-11-29)19-15-14(22)12-25-17(23)16(15)26-18(27-19)13-4-6-24-7-5-13;1-2/h4-7,12H,8-11H2,1-3H3;1-2H3. The summed E-state index contributed by atoms with van der Waals surface area (Å²) in [4.78, 5) is 33.8. The molecule has 0 spiro atoms. The Hall–Kier alpha value is -2.71. The fraction of sp³-hybridized carbons (Fsp3) is 0.435. The number of carbonyl (C=O) groups excluding carboxylic acids is 1. The van der Waals surface area contributed by atoms with Gasteiger partial charge in [-0.15, -0.1) is 0 Å². The highest BCUT2D eigenvalue weighted by atomic mass is 35.5. The molecule has 33 heavy (non-hydrogen) atoms. The van der Waals surface area contributed by atoms with Gasteiger partial charge in [0.1, 0.15) is 16.9 Å². The molecule has 0 radical (unpaired) electrons. The minimum absolute atomic E-state index is 0.255. The Morgan fingerprint density at radius 2 is 1.67 bits per heavy atom. The predicted octanol–water partition coefficient (Wildman–Crippen LogP) is 5.48. The van der Waals surface area contributed by atoms with E-state index < -0.39 is 5.60 Å². The molecule has 0 atom stereocenters.